The summed E-state index contributed by atoms with van der Waals surface area (Å²) in [5, 5.41) is 9.60. The number of halogens is 1. The molecule has 0 saturated heterocycles. The van der Waals surface area contributed by atoms with E-state index in [0.29, 0.717) is 10.7 Å². The predicted molar refractivity (Wildman–Crippen MR) is 59.7 cm³/mol. The molecule has 0 fully saturated rings. The third-order valence-corrected chi connectivity index (χ3v) is 2.33. The summed E-state index contributed by atoms with van der Waals surface area (Å²) in [5.74, 6) is 0.727. The van der Waals surface area contributed by atoms with Crippen LogP contribution in [0.1, 0.15) is 11.3 Å². The highest BCUT2D eigenvalue weighted by Crippen LogP contribution is 2.22. The highest BCUT2D eigenvalue weighted by molar-refractivity contribution is 6.30. The van der Waals surface area contributed by atoms with E-state index in [0.717, 1.165) is 17.0 Å². The van der Waals surface area contributed by atoms with Gasteiger partial charge in [0.05, 0.1) is 18.5 Å². The van der Waals surface area contributed by atoms with Crippen LogP contribution in [0.25, 0.3) is 11.4 Å². The Hall–Kier alpha value is -1.32. The van der Waals surface area contributed by atoms with Crippen molar-refractivity contribution in [2.24, 2.45) is 0 Å². The number of aromatic nitrogens is 2. The van der Waals surface area contributed by atoms with Gasteiger partial charge in [-0.25, -0.2) is 4.98 Å². The largest absolute Gasteiger partial charge is 0.390 e. The van der Waals surface area contributed by atoms with Gasteiger partial charge in [-0.05, 0) is 30.7 Å². The van der Waals surface area contributed by atoms with Gasteiger partial charge in [0.15, 0.2) is 0 Å². The van der Waals surface area contributed by atoms with Crippen molar-refractivity contribution in [1.82, 2.24) is 9.97 Å². The van der Waals surface area contributed by atoms with Crippen molar-refractivity contribution in [2.75, 3.05) is 0 Å². The minimum atomic E-state index is -0.0352. The van der Waals surface area contributed by atoms with E-state index in [-0.39, 0.29) is 6.61 Å². The maximum Gasteiger partial charge on any atom is 0.137 e. The minimum Gasteiger partial charge on any atom is -0.390 e. The molecule has 2 aromatic rings. The normalized spacial score (nSPS) is 10.6. The molecule has 0 amide bonds. The van der Waals surface area contributed by atoms with Crippen molar-refractivity contribution >= 4 is 11.6 Å². The summed E-state index contributed by atoms with van der Waals surface area (Å²) in [6, 6.07) is 5.72. The molecule has 15 heavy (non-hydrogen) atoms. The number of nitrogens with zero attached hydrogens (tertiary/aromatic N) is 1. The highest BCUT2D eigenvalue weighted by atomic mass is 35.5. The molecule has 0 aliphatic rings. The maximum absolute atomic E-state index is 8.91. The minimum absolute atomic E-state index is 0.0352. The molecule has 3 nitrogen and oxygen atoms in total. The second-order valence-electron chi connectivity index (χ2n) is 3.43. The number of aliphatic hydroxyl groups excluding tert-OH is 1. The summed E-state index contributed by atoms with van der Waals surface area (Å²) in [4.78, 5) is 7.18. The first-order valence-corrected chi connectivity index (χ1v) is 4.99. The molecule has 1 aromatic heterocycles. The van der Waals surface area contributed by atoms with Crippen molar-refractivity contribution in [1.29, 1.82) is 0 Å². The van der Waals surface area contributed by atoms with Crippen LogP contribution in [0.4, 0.5) is 0 Å². The molecule has 0 unspecified atom stereocenters. The number of aryl methyl sites for hydroxylation is 1. The zero-order valence-corrected chi connectivity index (χ0v) is 9.04. The molecule has 0 atom stereocenters. The van der Waals surface area contributed by atoms with E-state index in [2.05, 4.69) is 9.97 Å². The van der Waals surface area contributed by atoms with Gasteiger partial charge in [0.1, 0.15) is 5.82 Å². The van der Waals surface area contributed by atoms with Crippen LogP contribution in [-0.2, 0) is 6.61 Å². The molecule has 0 radical (unpaired) electrons. The maximum atomic E-state index is 8.91. The van der Waals surface area contributed by atoms with Crippen molar-refractivity contribution < 1.29 is 5.11 Å². The molecule has 0 bridgehead atoms. The molecule has 0 saturated carbocycles. The fourth-order valence-electron chi connectivity index (χ4n) is 1.46. The van der Waals surface area contributed by atoms with E-state index in [4.69, 9.17) is 16.7 Å². The molecule has 1 heterocycles. The Morgan fingerprint density at radius 3 is 2.80 bits per heavy atom. The first-order chi connectivity index (χ1) is 7.19. The molecular weight excluding hydrogens is 212 g/mol. The molecule has 4 heteroatoms. The number of aliphatic hydroxyl groups is 1. The predicted octanol–water partition coefficient (Wildman–Crippen LogP) is 2.53. The number of imidazole rings is 1. The number of aromatic amines is 1. The third-order valence-electron chi connectivity index (χ3n) is 2.11. The van der Waals surface area contributed by atoms with Gasteiger partial charge in [-0.1, -0.05) is 11.6 Å². The summed E-state index contributed by atoms with van der Waals surface area (Å²) < 4.78 is 0. The fourth-order valence-corrected chi connectivity index (χ4v) is 1.75. The van der Waals surface area contributed by atoms with Gasteiger partial charge in [0.2, 0.25) is 0 Å². The van der Waals surface area contributed by atoms with E-state index in [1.807, 2.05) is 25.1 Å². The molecule has 0 spiro atoms. The van der Waals surface area contributed by atoms with Crippen molar-refractivity contribution in [3.63, 3.8) is 0 Å². The van der Waals surface area contributed by atoms with Crippen molar-refractivity contribution in [2.45, 2.75) is 13.5 Å². The van der Waals surface area contributed by atoms with Gasteiger partial charge in [0, 0.05) is 10.6 Å². The molecule has 0 aliphatic heterocycles. The summed E-state index contributed by atoms with van der Waals surface area (Å²) >= 11 is 5.95. The first-order valence-electron chi connectivity index (χ1n) is 4.61. The lowest BCUT2D eigenvalue weighted by molar-refractivity contribution is 0.277. The molecule has 2 N–H and O–H groups in total. The molecule has 0 aliphatic carbocycles. The van der Waals surface area contributed by atoms with Gasteiger partial charge in [-0.3, -0.25) is 0 Å². The number of rotatable bonds is 2. The van der Waals surface area contributed by atoms with Crippen LogP contribution in [0.3, 0.4) is 0 Å². The number of benzene rings is 1. The quantitative estimate of drug-likeness (QED) is 0.821. The van der Waals surface area contributed by atoms with Crippen LogP contribution in [0.2, 0.25) is 5.02 Å². The number of nitrogens with one attached hydrogen (secondary N) is 1. The smallest absolute Gasteiger partial charge is 0.137 e. The summed E-state index contributed by atoms with van der Waals surface area (Å²) in [6.07, 6.45) is 1.62. The van der Waals surface area contributed by atoms with Crippen LogP contribution in [0.5, 0.6) is 0 Å². The SMILES string of the molecule is Cc1cc(Cl)cc(-c2ncc(CO)[nH]2)c1. The third kappa shape index (κ3) is 2.19. The van der Waals surface area contributed by atoms with E-state index in [1.165, 1.54) is 0 Å². The molecule has 1 aromatic carbocycles. The average Bonchev–Trinajstić information content (AvgIpc) is 2.64. The Morgan fingerprint density at radius 1 is 1.40 bits per heavy atom. The monoisotopic (exact) mass is 222 g/mol. The Morgan fingerprint density at radius 2 is 2.20 bits per heavy atom. The lowest BCUT2D eigenvalue weighted by Gasteiger charge is -2.00. The van der Waals surface area contributed by atoms with E-state index in [1.54, 1.807) is 6.20 Å². The van der Waals surface area contributed by atoms with Crippen LogP contribution < -0.4 is 0 Å². The standard InChI is InChI=1S/C11H11ClN2O/c1-7-2-8(4-9(12)3-7)11-13-5-10(6-15)14-11/h2-5,15H,6H2,1H3,(H,13,14). The molecule has 78 valence electrons. The summed E-state index contributed by atoms with van der Waals surface area (Å²) in [6.45, 7) is 1.94. The Bertz CT molecular complexity index is 459. The Kier molecular flexibility index (Phi) is 2.75. The van der Waals surface area contributed by atoms with Gasteiger partial charge in [-0.15, -0.1) is 0 Å². The van der Waals surface area contributed by atoms with E-state index in [9.17, 15) is 0 Å². The topological polar surface area (TPSA) is 48.9 Å². The van der Waals surface area contributed by atoms with Crippen molar-refractivity contribution in [3.05, 3.63) is 40.7 Å². The van der Waals surface area contributed by atoms with Gasteiger partial charge < -0.3 is 10.1 Å². The average molecular weight is 223 g/mol. The lowest BCUT2D eigenvalue weighted by atomic mass is 10.1. The van der Waals surface area contributed by atoms with Gasteiger partial charge >= 0.3 is 0 Å². The fraction of sp³-hybridized carbons (Fsp3) is 0.182. The first kappa shape index (κ1) is 10.2. The zero-order valence-electron chi connectivity index (χ0n) is 8.29. The van der Waals surface area contributed by atoms with Gasteiger partial charge in [0.25, 0.3) is 0 Å². The van der Waals surface area contributed by atoms with Crippen LogP contribution in [0, 0.1) is 6.92 Å². The van der Waals surface area contributed by atoms with Crippen LogP contribution in [0.15, 0.2) is 24.4 Å². The molecular formula is C11H11ClN2O. The number of hydrogen-bond donors (Lipinski definition) is 2. The second-order valence-corrected chi connectivity index (χ2v) is 3.87. The second kappa shape index (κ2) is 4.04. The zero-order chi connectivity index (χ0) is 10.8. The van der Waals surface area contributed by atoms with Crippen molar-refractivity contribution in [3.8, 4) is 11.4 Å². The molecule has 2 rings (SSSR count). The number of H-pyrrole nitrogens is 1. The summed E-state index contributed by atoms with van der Waals surface area (Å²) in [7, 11) is 0. The van der Waals surface area contributed by atoms with E-state index < -0.39 is 0 Å². The van der Waals surface area contributed by atoms with E-state index >= 15 is 0 Å². The van der Waals surface area contributed by atoms with Crippen LogP contribution >= 0.6 is 11.6 Å². The Labute approximate surface area is 92.7 Å². The van der Waals surface area contributed by atoms with Gasteiger partial charge in [-0.2, -0.15) is 0 Å². The number of hydrogen-bond acceptors (Lipinski definition) is 2. The lowest BCUT2D eigenvalue weighted by Crippen LogP contribution is -1.84. The summed E-state index contributed by atoms with van der Waals surface area (Å²) in [5.41, 5.74) is 2.71. The van der Waals surface area contributed by atoms with Crippen LogP contribution in [-0.4, -0.2) is 15.1 Å². The Balaban J connectivity index is 2.44. The highest BCUT2D eigenvalue weighted by Gasteiger charge is 2.04.